The summed E-state index contributed by atoms with van der Waals surface area (Å²) in [4.78, 5) is 27.2. The molecule has 2 heterocycles. The topological polar surface area (TPSA) is 74.6 Å². The number of halogens is 2. The highest BCUT2D eigenvalue weighted by Gasteiger charge is 2.25. The molecule has 1 aromatic heterocycles. The third kappa shape index (κ3) is 5.05. The van der Waals surface area contributed by atoms with Gasteiger partial charge in [-0.3, -0.25) is 9.59 Å². The quantitative estimate of drug-likeness (QED) is 0.428. The van der Waals surface area contributed by atoms with Crippen LogP contribution in [0.4, 0.5) is 10.1 Å². The molecule has 0 spiro atoms. The van der Waals surface area contributed by atoms with Gasteiger partial charge in [0, 0.05) is 35.5 Å². The Balaban J connectivity index is 1.54. The van der Waals surface area contributed by atoms with Crippen LogP contribution in [0.3, 0.4) is 0 Å². The summed E-state index contributed by atoms with van der Waals surface area (Å²) in [5.74, 6) is -0.102. The largest absolute Gasteiger partial charge is 0.457 e. The molecule has 0 unspecified atom stereocenters. The van der Waals surface area contributed by atoms with Crippen molar-refractivity contribution in [1.29, 1.82) is 0 Å². The molecule has 0 saturated heterocycles. The highest BCUT2D eigenvalue weighted by Crippen LogP contribution is 2.35. The highest BCUT2D eigenvalue weighted by atomic mass is 35.5. The van der Waals surface area contributed by atoms with Crippen LogP contribution in [-0.2, 0) is 4.79 Å². The van der Waals surface area contributed by atoms with E-state index < -0.39 is 5.82 Å². The molecular formula is C26H25ClFN3O3. The van der Waals surface area contributed by atoms with Crippen molar-refractivity contribution in [2.24, 2.45) is 0 Å². The molecule has 1 aliphatic heterocycles. The van der Waals surface area contributed by atoms with Crippen LogP contribution in [0.5, 0.6) is 0 Å². The molecule has 3 aromatic rings. The van der Waals surface area contributed by atoms with E-state index in [1.165, 1.54) is 18.2 Å². The molecule has 0 aliphatic carbocycles. The van der Waals surface area contributed by atoms with Gasteiger partial charge < -0.3 is 20.0 Å². The average Bonchev–Trinajstić information content (AvgIpc) is 3.41. The van der Waals surface area contributed by atoms with E-state index in [4.69, 9.17) is 16.0 Å². The lowest BCUT2D eigenvalue weighted by molar-refractivity contribution is -0.110. The molecule has 0 bridgehead atoms. The molecule has 6 nitrogen and oxygen atoms in total. The first-order valence-electron chi connectivity index (χ1n) is 11.1. The van der Waals surface area contributed by atoms with Crippen molar-refractivity contribution < 1.29 is 18.4 Å². The number of hydrogen-bond donors (Lipinski definition) is 2. The van der Waals surface area contributed by atoms with Crippen molar-refractivity contribution in [1.82, 2.24) is 10.2 Å². The molecule has 4 rings (SSSR count). The first-order chi connectivity index (χ1) is 16.4. The van der Waals surface area contributed by atoms with Gasteiger partial charge >= 0.3 is 0 Å². The standard InChI is InChI=1S/C26H25ClFN3O3/c1-3-31(4-2)12-11-29-25(32)16-5-8-22(27)21(13-16)24-10-7-18(34-24)15-20-19-14-17(28)6-9-23(19)30-26(20)33/h5-10,13-15H,3-4,11-12H2,1-2H3,(H,29,32)(H,30,33)/b20-15+. The van der Waals surface area contributed by atoms with Crippen molar-refractivity contribution >= 4 is 40.8 Å². The fourth-order valence-electron chi connectivity index (χ4n) is 3.85. The monoisotopic (exact) mass is 481 g/mol. The lowest BCUT2D eigenvalue weighted by atomic mass is 10.1. The Bertz CT molecular complexity index is 1260. The maximum atomic E-state index is 13.7. The molecule has 8 heteroatoms. The average molecular weight is 482 g/mol. The number of anilines is 1. The summed E-state index contributed by atoms with van der Waals surface area (Å²) in [7, 11) is 0. The van der Waals surface area contributed by atoms with Gasteiger partial charge in [0.2, 0.25) is 0 Å². The zero-order valence-electron chi connectivity index (χ0n) is 19.0. The minimum atomic E-state index is -0.430. The van der Waals surface area contributed by atoms with Gasteiger partial charge in [-0.25, -0.2) is 4.39 Å². The second kappa shape index (κ2) is 10.2. The number of furan rings is 1. The van der Waals surface area contributed by atoms with Crippen LogP contribution in [0.1, 0.15) is 35.5 Å². The second-order valence-corrected chi connectivity index (χ2v) is 8.29. The van der Waals surface area contributed by atoms with Gasteiger partial charge in [-0.15, -0.1) is 0 Å². The number of hydrogen-bond acceptors (Lipinski definition) is 4. The van der Waals surface area contributed by atoms with Crippen LogP contribution < -0.4 is 10.6 Å². The van der Waals surface area contributed by atoms with E-state index in [0.717, 1.165) is 19.6 Å². The Morgan fingerprint density at radius 2 is 1.91 bits per heavy atom. The summed E-state index contributed by atoms with van der Waals surface area (Å²) >= 11 is 6.39. The van der Waals surface area contributed by atoms with E-state index in [9.17, 15) is 14.0 Å². The summed E-state index contributed by atoms with van der Waals surface area (Å²) in [5.41, 5.74) is 2.36. The Morgan fingerprint density at radius 3 is 2.68 bits per heavy atom. The molecule has 0 fully saturated rings. The van der Waals surface area contributed by atoms with Crippen LogP contribution in [0.25, 0.3) is 23.0 Å². The molecule has 0 radical (unpaired) electrons. The maximum absolute atomic E-state index is 13.7. The van der Waals surface area contributed by atoms with Crippen molar-refractivity contribution in [3.05, 3.63) is 76.3 Å². The zero-order valence-corrected chi connectivity index (χ0v) is 19.7. The van der Waals surface area contributed by atoms with E-state index >= 15 is 0 Å². The number of carbonyl (C=O) groups is 2. The molecule has 176 valence electrons. The van der Waals surface area contributed by atoms with E-state index in [1.807, 2.05) is 0 Å². The van der Waals surface area contributed by atoms with Gasteiger partial charge in [-0.05, 0) is 67.7 Å². The van der Waals surface area contributed by atoms with E-state index in [1.54, 1.807) is 36.4 Å². The third-order valence-corrected chi connectivity index (χ3v) is 6.11. The summed E-state index contributed by atoms with van der Waals surface area (Å²) in [5, 5.41) is 6.07. The minimum absolute atomic E-state index is 0.194. The van der Waals surface area contributed by atoms with Crippen molar-refractivity contribution in [2.75, 3.05) is 31.5 Å². The SMILES string of the molecule is CCN(CC)CCNC(=O)c1ccc(Cl)c(-c2ccc(/C=C3/C(=O)Nc4ccc(F)cc43)o2)c1. The molecule has 2 N–H and O–H groups in total. The highest BCUT2D eigenvalue weighted by molar-refractivity contribution is 6.35. The molecule has 1 aliphatic rings. The van der Waals surface area contributed by atoms with Gasteiger partial charge in [-0.1, -0.05) is 25.4 Å². The lowest BCUT2D eigenvalue weighted by Gasteiger charge is -2.18. The number of benzene rings is 2. The fraction of sp³-hybridized carbons (Fsp3) is 0.231. The predicted molar refractivity (Wildman–Crippen MR) is 132 cm³/mol. The summed E-state index contributed by atoms with van der Waals surface area (Å²) in [6.45, 7) is 7.34. The molecular weight excluding hydrogens is 457 g/mol. The Hall–Kier alpha value is -3.42. The second-order valence-electron chi connectivity index (χ2n) is 7.88. The van der Waals surface area contributed by atoms with Crippen LogP contribution in [0.15, 0.2) is 52.9 Å². The van der Waals surface area contributed by atoms with E-state index in [2.05, 4.69) is 29.4 Å². The first kappa shape index (κ1) is 23.7. The molecule has 2 aromatic carbocycles. The van der Waals surface area contributed by atoms with Crippen molar-refractivity contribution in [3.8, 4) is 11.3 Å². The van der Waals surface area contributed by atoms with E-state index in [-0.39, 0.29) is 11.8 Å². The maximum Gasteiger partial charge on any atom is 0.256 e. The number of nitrogens with zero attached hydrogens (tertiary/aromatic N) is 1. The first-order valence-corrected chi connectivity index (χ1v) is 11.5. The van der Waals surface area contributed by atoms with Crippen LogP contribution in [0, 0.1) is 5.82 Å². The number of nitrogens with one attached hydrogen (secondary N) is 2. The Labute approximate surface area is 202 Å². The molecule has 0 atom stereocenters. The van der Waals surface area contributed by atoms with Gasteiger partial charge in [-0.2, -0.15) is 0 Å². The van der Waals surface area contributed by atoms with Crippen LogP contribution in [0.2, 0.25) is 5.02 Å². The Kier molecular flexibility index (Phi) is 7.14. The van der Waals surface area contributed by atoms with Gasteiger partial charge in [0.15, 0.2) is 0 Å². The summed E-state index contributed by atoms with van der Waals surface area (Å²) in [6, 6.07) is 12.5. The number of amides is 2. The third-order valence-electron chi connectivity index (χ3n) is 5.78. The van der Waals surface area contributed by atoms with Crippen LogP contribution in [-0.4, -0.2) is 42.9 Å². The van der Waals surface area contributed by atoms with Gasteiger partial charge in [0.25, 0.3) is 11.8 Å². The lowest BCUT2D eigenvalue weighted by Crippen LogP contribution is -2.34. The molecule has 34 heavy (non-hydrogen) atoms. The van der Waals surface area contributed by atoms with Gasteiger partial charge in [0.05, 0.1) is 10.6 Å². The van der Waals surface area contributed by atoms with Crippen molar-refractivity contribution in [2.45, 2.75) is 13.8 Å². The number of rotatable bonds is 8. The fourth-order valence-corrected chi connectivity index (χ4v) is 4.06. The minimum Gasteiger partial charge on any atom is -0.457 e. The number of likely N-dealkylation sites (N-methyl/N-ethyl adjacent to an activating group) is 1. The smallest absolute Gasteiger partial charge is 0.256 e. The number of fused-ring (bicyclic) bond motifs is 1. The summed E-state index contributed by atoms with van der Waals surface area (Å²) < 4.78 is 19.6. The predicted octanol–water partition coefficient (Wildman–Crippen LogP) is 5.30. The zero-order chi connectivity index (χ0) is 24.2. The molecule has 2 amide bonds. The molecule has 0 saturated carbocycles. The van der Waals surface area contributed by atoms with Crippen molar-refractivity contribution in [3.63, 3.8) is 0 Å². The summed E-state index contributed by atoms with van der Waals surface area (Å²) in [6.07, 6.45) is 1.56. The van der Waals surface area contributed by atoms with E-state index in [0.29, 0.717) is 51.0 Å². The van der Waals surface area contributed by atoms with Gasteiger partial charge in [0.1, 0.15) is 17.3 Å². The normalized spacial score (nSPS) is 13.9. The Morgan fingerprint density at radius 1 is 1.12 bits per heavy atom. The van der Waals surface area contributed by atoms with Crippen LogP contribution >= 0.6 is 11.6 Å². The number of carbonyl (C=O) groups excluding carboxylic acids is 2.